The molecule has 0 aliphatic carbocycles. The maximum atomic E-state index is 5.09. The molecule has 2 aromatic rings. The number of nitrogens with zero attached hydrogens (tertiary/aromatic N) is 2. The lowest BCUT2D eigenvalue weighted by atomic mass is 10.2. The summed E-state index contributed by atoms with van der Waals surface area (Å²) in [5, 5.41) is 0. The van der Waals surface area contributed by atoms with Crippen LogP contribution in [0, 0.1) is 0 Å². The highest BCUT2D eigenvalue weighted by atomic mass is 16.5. The predicted molar refractivity (Wildman–Crippen MR) is 60.9 cm³/mol. The quantitative estimate of drug-likeness (QED) is 0.765. The fourth-order valence-electron chi connectivity index (χ4n) is 1.76. The van der Waals surface area contributed by atoms with E-state index in [9.17, 15) is 0 Å². The molecule has 2 rings (SSSR count). The van der Waals surface area contributed by atoms with Gasteiger partial charge in [-0.25, -0.2) is 4.98 Å². The van der Waals surface area contributed by atoms with Gasteiger partial charge >= 0.3 is 0 Å². The molecule has 0 N–H and O–H groups in total. The average Bonchev–Trinajstić information content (AvgIpc) is 2.69. The largest absolute Gasteiger partial charge is 0.385 e. The molecule has 0 fully saturated rings. The molecule has 0 spiro atoms. The van der Waals surface area contributed by atoms with Crippen LogP contribution in [0.25, 0.3) is 11.0 Å². The number of rotatable bonds is 4. The summed E-state index contributed by atoms with van der Waals surface area (Å²) < 4.78 is 7.29. The Hall–Kier alpha value is -1.35. The summed E-state index contributed by atoms with van der Waals surface area (Å²) in [5.74, 6) is 0. The lowest BCUT2D eigenvalue weighted by Crippen LogP contribution is -2.06. The second-order valence-electron chi connectivity index (χ2n) is 3.77. The minimum absolute atomic E-state index is 0.428. The molecule has 0 aliphatic rings. The number of benzene rings is 1. The van der Waals surface area contributed by atoms with Gasteiger partial charge < -0.3 is 9.30 Å². The highest BCUT2D eigenvalue weighted by Gasteiger charge is 2.07. The molecule has 1 unspecified atom stereocenters. The monoisotopic (exact) mass is 204 g/mol. The van der Waals surface area contributed by atoms with E-state index < -0.39 is 0 Å². The molecule has 1 atom stereocenters. The van der Waals surface area contributed by atoms with Crippen LogP contribution in [0.15, 0.2) is 30.6 Å². The van der Waals surface area contributed by atoms with Gasteiger partial charge in [-0.1, -0.05) is 12.1 Å². The van der Waals surface area contributed by atoms with E-state index in [0.717, 1.165) is 18.5 Å². The maximum absolute atomic E-state index is 5.09. The van der Waals surface area contributed by atoms with Gasteiger partial charge in [0.25, 0.3) is 0 Å². The second-order valence-corrected chi connectivity index (χ2v) is 3.77. The van der Waals surface area contributed by atoms with Gasteiger partial charge in [-0.2, -0.15) is 0 Å². The van der Waals surface area contributed by atoms with Gasteiger partial charge in [0.1, 0.15) is 0 Å². The van der Waals surface area contributed by atoms with Gasteiger partial charge in [-0.3, -0.25) is 0 Å². The SMILES string of the molecule is COCCC(C)n1cnc2ccccc21. The Morgan fingerprint density at radius 3 is 3.00 bits per heavy atom. The van der Waals surface area contributed by atoms with Crippen LogP contribution in [0.5, 0.6) is 0 Å². The first kappa shape index (κ1) is 10.2. The Balaban J connectivity index is 2.27. The molecule has 0 amide bonds. The molecule has 0 radical (unpaired) electrons. The van der Waals surface area contributed by atoms with Crippen molar-refractivity contribution in [1.29, 1.82) is 0 Å². The van der Waals surface area contributed by atoms with Gasteiger partial charge in [-0.05, 0) is 25.5 Å². The molecule has 0 aliphatic heterocycles. The van der Waals surface area contributed by atoms with Crippen molar-refractivity contribution in [3.63, 3.8) is 0 Å². The highest BCUT2D eigenvalue weighted by molar-refractivity contribution is 5.75. The summed E-state index contributed by atoms with van der Waals surface area (Å²) in [4.78, 5) is 4.37. The summed E-state index contributed by atoms with van der Waals surface area (Å²) in [6, 6.07) is 8.63. The third-order valence-electron chi connectivity index (χ3n) is 2.70. The molecule has 1 heterocycles. The lowest BCUT2D eigenvalue weighted by Gasteiger charge is -2.13. The minimum atomic E-state index is 0.428. The molecule has 3 nitrogen and oxygen atoms in total. The molecular formula is C12H16N2O. The van der Waals surface area contributed by atoms with Gasteiger partial charge in [-0.15, -0.1) is 0 Å². The van der Waals surface area contributed by atoms with E-state index >= 15 is 0 Å². The van der Waals surface area contributed by atoms with Gasteiger partial charge in [0.2, 0.25) is 0 Å². The number of imidazole rings is 1. The van der Waals surface area contributed by atoms with Crippen molar-refractivity contribution in [2.24, 2.45) is 0 Å². The maximum Gasteiger partial charge on any atom is 0.0960 e. The normalized spacial score (nSPS) is 13.2. The number of methoxy groups -OCH3 is 1. The molecule has 3 heteroatoms. The second kappa shape index (κ2) is 4.45. The van der Waals surface area contributed by atoms with E-state index in [1.54, 1.807) is 7.11 Å². The summed E-state index contributed by atoms with van der Waals surface area (Å²) in [5.41, 5.74) is 2.25. The lowest BCUT2D eigenvalue weighted by molar-refractivity contribution is 0.181. The highest BCUT2D eigenvalue weighted by Crippen LogP contribution is 2.19. The number of para-hydroxylation sites is 2. The number of hydrogen-bond donors (Lipinski definition) is 0. The molecule has 0 bridgehead atoms. The van der Waals surface area contributed by atoms with E-state index in [0.29, 0.717) is 6.04 Å². The van der Waals surface area contributed by atoms with Crippen LogP contribution in [0.2, 0.25) is 0 Å². The van der Waals surface area contributed by atoms with Crippen LogP contribution < -0.4 is 0 Å². The van der Waals surface area contributed by atoms with Crippen molar-refractivity contribution in [2.75, 3.05) is 13.7 Å². The standard InChI is InChI=1S/C12H16N2O/c1-10(7-8-15-2)14-9-13-11-5-3-4-6-12(11)14/h3-6,9-10H,7-8H2,1-2H3. The van der Waals surface area contributed by atoms with Crippen molar-refractivity contribution in [2.45, 2.75) is 19.4 Å². The summed E-state index contributed by atoms with van der Waals surface area (Å²) in [7, 11) is 1.73. The van der Waals surface area contributed by atoms with E-state index in [1.807, 2.05) is 24.5 Å². The Morgan fingerprint density at radius 2 is 2.20 bits per heavy atom. The van der Waals surface area contributed by atoms with Crippen molar-refractivity contribution in [3.05, 3.63) is 30.6 Å². The molecular weight excluding hydrogens is 188 g/mol. The van der Waals surface area contributed by atoms with Gasteiger partial charge in [0.15, 0.2) is 0 Å². The third-order valence-corrected chi connectivity index (χ3v) is 2.70. The first-order valence-corrected chi connectivity index (χ1v) is 5.23. The first-order valence-electron chi connectivity index (χ1n) is 5.23. The van der Waals surface area contributed by atoms with E-state index in [2.05, 4.69) is 22.5 Å². The number of ether oxygens (including phenoxy) is 1. The number of hydrogen-bond acceptors (Lipinski definition) is 2. The zero-order chi connectivity index (χ0) is 10.7. The van der Waals surface area contributed by atoms with E-state index in [1.165, 1.54) is 5.52 Å². The smallest absolute Gasteiger partial charge is 0.0960 e. The van der Waals surface area contributed by atoms with Crippen molar-refractivity contribution in [1.82, 2.24) is 9.55 Å². The third kappa shape index (κ3) is 2.02. The molecule has 0 saturated carbocycles. The molecule has 15 heavy (non-hydrogen) atoms. The minimum Gasteiger partial charge on any atom is -0.385 e. The predicted octanol–water partition coefficient (Wildman–Crippen LogP) is 2.63. The fourth-order valence-corrected chi connectivity index (χ4v) is 1.76. The first-order chi connectivity index (χ1) is 7.33. The Bertz CT molecular complexity index is 436. The fraction of sp³-hybridized carbons (Fsp3) is 0.417. The number of fused-ring (bicyclic) bond motifs is 1. The Kier molecular flexibility index (Phi) is 3.02. The number of aromatic nitrogens is 2. The van der Waals surface area contributed by atoms with Crippen molar-refractivity contribution < 1.29 is 4.74 Å². The van der Waals surface area contributed by atoms with Crippen LogP contribution in [-0.4, -0.2) is 23.3 Å². The zero-order valence-corrected chi connectivity index (χ0v) is 9.18. The summed E-state index contributed by atoms with van der Waals surface area (Å²) in [6.45, 7) is 2.97. The molecule has 0 saturated heterocycles. The average molecular weight is 204 g/mol. The van der Waals surface area contributed by atoms with Crippen LogP contribution in [0.1, 0.15) is 19.4 Å². The van der Waals surface area contributed by atoms with Crippen LogP contribution in [0.4, 0.5) is 0 Å². The van der Waals surface area contributed by atoms with E-state index in [-0.39, 0.29) is 0 Å². The van der Waals surface area contributed by atoms with Gasteiger partial charge in [0.05, 0.1) is 17.4 Å². The topological polar surface area (TPSA) is 27.1 Å². The van der Waals surface area contributed by atoms with Gasteiger partial charge in [0, 0.05) is 19.8 Å². The van der Waals surface area contributed by atoms with Crippen LogP contribution in [0.3, 0.4) is 0 Å². The van der Waals surface area contributed by atoms with Crippen molar-refractivity contribution >= 4 is 11.0 Å². The molecule has 1 aromatic heterocycles. The van der Waals surface area contributed by atoms with Crippen molar-refractivity contribution in [3.8, 4) is 0 Å². The Morgan fingerprint density at radius 1 is 1.40 bits per heavy atom. The molecule has 80 valence electrons. The molecule has 1 aromatic carbocycles. The van der Waals surface area contributed by atoms with Crippen LogP contribution in [-0.2, 0) is 4.74 Å². The Labute approximate surface area is 89.7 Å². The summed E-state index contributed by atoms with van der Waals surface area (Å²) >= 11 is 0. The van der Waals surface area contributed by atoms with E-state index in [4.69, 9.17) is 4.74 Å². The van der Waals surface area contributed by atoms with Crippen LogP contribution >= 0.6 is 0 Å². The zero-order valence-electron chi connectivity index (χ0n) is 9.18. The summed E-state index contributed by atoms with van der Waals surface area (Å²) in [6.07, 6.45) is 2.92.